The van der Waals surface area contributed by atoms with E-state index < -0.39 is 0 Å². The first-order chi connectivity index (χ1) is 10.2. The molecule has 0 aliphatic carbocycles. The van der Waals surface area contributed by atoms with Crippen LogP contribution in [-0.4, -0.2) is 38.1 Å². The van der Waals surface area contributed by atoms with E-state index in [0.717, 1.165) is 13.1 Å². The molecule has 3 nitrogen and oxygen atoms in total. The Morgan fingerprint density at radius 3 is 2.90 bits per heavy atom. The third kappa shape index (κ3) is 2.82. The summed E-state index contributed by atoms with van der Waals surface area (Å²) in [4.78, 5) is 5.03. The molecular weight excluding hydrogens is 258 g/mol. The molecule has 1 aromatic carbocycles. The van der Waals surface area contributed by atoms with Crippen LogP contribution in [0.2, 0.25) is 0 Å². The van der Waals surface area contributed by atoms with E-state index in [2.05, 4.69) is 42.0 Å². The van der Waals surface area contributed by atoms with Crippen LogP contribution in [0.25, 0.3) is 0 Å². The number of nitrogens with two attached hydrogens (primary N) is 1. The molecule has 2 unspecified atom stereocenters. The first-order valence-electron chi connectivity index (χ1n) is 8.52. The molecule has 2 N–H and O–H groups in total. The first kappa shape index (κ1) is 14.9. The Kier molecular flexibility index (Phi) is 4.51. The lowest BCUT2D eigenvalue weighted by Gasteiger charge is -2.41. The van der Waals surface area contributed by atoms with E-state index in [1.54, 1.807) is 0 Å². The molecule has 0 aromatic heterocycles. The summed E-state index contributed by atoms with van der Waals surface area (Å²) in [5, 5.41) is 0. The molecule has 0 radical (unpaired) electrons. The van der Waals surface area contributed by atoms with Crippen LogP contribution in [0.15, 0.2) is 18.2 Å². The van der Waals surface area contributed by atoms with Gasteiger partial charge in [-0.1, -0.05) is 19.1 Å². The molecule has 2 atom stereocenters. The van der Waals surface area contributed by atoms with Crippen LogP contribution in [0.5, 0.6) is 0 Å². The maximum absolute atomic E-state index is 6.09. The topological polar surface area (TPSA) is 32.5 Å². The van der Waals surface area contributed by atoms with Gasteiger partial charge in [0.15, 0.2) is 0 Å². The van der Waals surface area contributed by atoms with Crippen molar-refractivity contribution < 1.29 is 0 Å². The number of fused-ring (bicyclic) bond motifs is 1. The van der Waals surface area contributed by atoms with Crippen LogP contribution >= 0.6 is 0 Å². The molecule has 116 valence electrons. The van der Waals surface area contributed by atoms with E-state index in [4.69, 9.17) is 5.73 Å². The molecule has 0 amide bonds. The van der Waals surface area contributed by atoms with E-state index in [1.807, 2.05) is 0 Å². The summed E-state index contributed by atoms with van der Waals surface area (Å²) in [5.41, 5.74) is 10.5. The minimum atomic E-state index is 0.528. The highest BCUT2D eigenvalue weighted by Crippen LogP contribution is 2.38. The number of likely N-dealkylation sites (N-methyl/N-ethyl adjacent to an activating group) is 1. The number of hydrogen-bond acceptors (Lipinski definition) is 3. The van der Waals surface area contributed by atoms with Gasteiger partial charge in [0.1, 0.15) is 0 Å². The minimum absolute atomic E-state index is 0.528. The van der Waals surface area contributed by atoms with E-state index >= 15 is 0 Å². The number of hydrogen-bond donors (Lipinski definition) is 1. The molecule has 1 aromatic rings. The third-order valence-electron chi connectivity index (χ3n) is 5.25. The number of likely N-dealkylation sites (tertiary alicyclic amines) is 1. The molecule has 2 aliphatic heterocycles. The lowest BCUT2D eigenvalue weighted by Crippen LogP contribution is -2.41. The van der Waals surface area contributed by atoms with Crippen molar-refractivity contribution in [2.24, 2.45) is 11.7 Å². The Labute approximate surface area is 129 Å². The van der Waals surface area contributed by atoms with Crippen LogP contribution in [0.3, 0.4) is 0 Å². The maximum Gasteiger partial charge on any atom is 0.0397 e. The summed E-state index contributed by atoms with van der Waals surface area (Å²) in [6, 6.07) is 7.66. The zero-order valence-corrected chi connectivity index (χ0v) is 13.5. The molecule has 21 heavy (non-hydrogen) atoms. The normalized spacial score (nSPS) is 26.1. The second kappa shape index (κ2) is 6.37. The monoisotopic (exact) mass is 287 g/mol. The summed E-state index contributed by atoms with van der Waals surface area (Å²) >= 11 is 0. The Bertz CT molecular complexity index is 483. The van der Waals surface area contributed by atoms with Gasteiger partial charge in [-0.15, -0.1) is 0 Å². The van der Waals surface area contributed by atoms with Crippen molar-refractivity contribution in [1.82, 2.24) is 4.90 Å². The van der Waals surface area contributed by atoms with E-state index in [9.17, 15) is 0 Å². The van der Waals surface area contributed by atoms with E-state index in [1.165, 1.54) is 55.6 Å². The van der Waals surface area contributed by atoms with Crippen molar-refractivity contribution in [3.63, 3.8) is 0 Å². The van der Waals surface area contributed by atoms with Crippen LogP contribution in [0, 0.1) is 5.92 Å². The molecule has 0 spiro atoms. The molecule has 1 fully saturated rings. The summed E-state index contributed by atoms with van der Waals surface area (Å²) in [6.45, 7) is 6.66. The number of nitrogens with zero attached hydrogens (tertiary/aromatic N) is 2. The SMILES string of the molecule is CCCN1CCCC(CN)C1c1ccc2c(c1)CCN2C. The quantitative estimate of drug-likeness (QED) is 0.924. The molecule has 0 saturated carbocycles. The van der Waals surface area contributed by atoms with Crippen molar-refractivity contribution in [3.05, 3.63) is 29.3 Å². The van der Waals surface area contributed by atoms with Gasteiger partial charge < -0.3 is 10.6 Å². The van der Waals surface area contributed by atoms with E-state index in [-0.39, 0.29) is 0 Å². The third-order valence-corrected chi connectivity index (χ3v) is 5.25. The second-order valence-electron chi connectivity index (χ2n) is 6.68. The summed E-state index contributed by atoms with van der Waals surface area (Å²) in [6.07, 6.45) is 4.99. The molecule has 2 aliphatic rings. The number of rotatable bonds is 4. The summed E-state index contributed by atoms with van der Waals surface area (Å²) in [7, 11) is 2.19. The van der Waals surface area contributed by atoms with Crippen LogP contribution in [0.1, 0.15) is 43.4 Å². The smallest absolute Gasteiger partial charge is 0.0397 e. The molecule has 3 rings (SSSR count). The number of piperidine rings is 1. The van der Waals surface area contributed by atoms with Gasteiger partial charge in [0, 0.05) is 25.3 Å². The minimum Gasteiger partial charge on any atom is -0.374 e. The fourth-order valence-electron chi connectivity index (χ4n) is 4.19. The van der Waals surface area contributed by atoms with Crippen LogP contribution in [-0.2, 0) is 6.42 Å². The highest BCUT2D eigenvalue weighted by atomic mass is 15.2. The summed E-state index contributed by atoms with van der Waals surface area (Å²) < 4.78 is 0. The average molecular weight is 287 g/mol. The molecule has 0 bridgehead atoms. The van der Waals surface area contributed by atoms with E-state index in [0.29, 0.717) is 12.0 Å². The van der Waals surface area contributed by atoms with Gasteiger partial charge in [0.2, 0.25) is 0 Å². The predicted molar refractivity (Wildman–Crippen MR) is 89.8 cm³/mol. The first-order valence-corrected chi connectivity index (χ1v) is 8.52. The van der Waals surface area contributed by atoms with Crippen LogP contribution < -0.4 is 10.6 Å². The van der Waals surface area contributed by atoms with Gasteiger partial charge in [-0.3, -0.25) is 4.90 Å². The van der Waals surface area contributed by atoms with Gasteiger partial charge in [-0.05, 0) is 68.4 Å². The van der Waals surface area contributed by atoms with Crippen molar-refractivity contribution in [1.29, 1.82) is 0 Å². The van der Waals surface area contributed by atoms with Gasteiger partial charge >= 0.3 is 0 Å². The van der Waals surface area contributed by atoms with Crippen molar-refractivity contribution in [2.75, 3.05) is 38.1 Å². The number of anilines is 1. The van der Waals surface area contributed by atoms with Crippen LogP contribution in [0.4, 0.5) is 5.69 Å². The maximum atomic E-state index is 6.09. The van der Waals surface area contributed by atoms with Crippen molar-refractivity contribution in [2.45, 2.75) is 38.6 Å². The second-order valence-corrected chi connectivity index (χ2v) is 6.68. The largest absolute Gasteiger partial charge is 0.374 e. The Morgan fingerprint density at radius 2 is 2.14 bits per heavy atom. The molecule has 1 saturated heterocycles. The lowest BCUT2D eigenvalue weighted by molar-refractivity contribution is 0.0960. The fraction of sp³-hybridized carbons (Fsp3) is 0.667. The molecule has 3 heteroatoms. The van der Waals surface area contributed by atoms with Crippen molar-refractivity contribution in [3.8, 4) is 0 Å². The predicted octanol–water partition coefficient (Wildman–Crippen LogP) is 2.80. The Balaban J connectivity index is 1.91. The zero-order chi connectivity index (χ0) is 14.8. The van der Waals surface area contributed by atoms with Gasteiger partial charge in [-0.2, -0.15) is 0 Å². The van der Waals surface area contributed by atoms with Crippen molar-refractivity contribution >= 4 is 5.69 Å². The van der Waals surface area contributed by atoms with Gasteiger partial charge in [-0.25, -0.2) is 0 Å². The van der Waals surface area contributed by atoms with Gasteiger partial charge in [0.05, 0.1) is 0 Å². The molecular formula is C18H29N3. The lowest BCUT2D eigenvalue weighted by atomic mass is 9.84. The molecule has 2 heterocycles. The highest BCUT2D eigenvalue weighted by molar-refractivity contribution is 5.58. The standard InChI is InChI=1S/C18H29N3/c1-3-9-21-10-4-5-16(13-19)18(21)15-6-7-17-14(12-15)8-11-20(17)2/h6-7,12,16,18H,3-5,8-11,13,19H2,1-2H3. The Morgan fingerprint density at radius 1 is 1.29 bits per heavy atom. The van der Waals surface area contributed by atoms with Gasteiger partial charge in [0.25, 0.3) is 0 Å². The number of benzene rings is 1. The fourth-order valence-corrected chi connectivity index (χ4v) is 4.19. The summed E-state index contributed by atoms with van der Waals surface area (Å²) in [5.74, 6) is 0.613. The Hall–Kier alpha value is -1.06. The average Bonchev–Trinajstić information content (AvgIpc) is 2.88. The highest BCUT2D eigenvalue weighted by Gasteiger charge is 2.32. The zero-order valence-electron chi connectivity index (χ0n) is 13.5.